The minimum Gasteiger partial charge on any atom is -0.337 e. The molecule has 1 fully saturated rings. The molecule has 0 bridgehead atoms. The number of imidazole rings is 1. The van der Waals surface area contributed by atoms with Gasteiger partial charge in [0.25, 0.3) is 0 Å². The maximum Gasteiger partial charge on any atom is 0.150 e. The number of aromatic nitrogens is 2. The maximum absolute atomic E-state index is 11.5. The van der Waals surface area contributed by atoms with Crippen LogP contribution in [0.5, 0.6) is 0 Å². The average Bonchev–Trinajstić information content (AvgIpc) is 2.92. The molecule has 0 aliphatic carbocycles. The van der Waals surface area contributed by atoms with Crippen LogP contribution in [-0.4, -0.2) is 29.5 Å². The summed E-state index contributed by atoms with van der Waals surface area (Å²) in [6.45, 7) is 7.38. The summed E-state index contributed by atoms with van der Waals surface area (Å²) in [6.07, 6.45) is 5.84. The highest BCUT2D eigenvalue weighted by molar-refractivity contribution is 7.91. The highest BCUT2D eigenvalue weighted by Crippen LogP contribution is 2.28. The molecule has 2 rings (SSSR count). The van der Waals surface area contributed by atoms with Gasteiger partial charge in [-0.2, -0.15) is 0 Å². The lowest BCUT2D eigenvalue weighted by atomic mass is 9.91. The molecule has 0 spiro atoms. The molecule has 0 saturated carbocycles. The van der Waals surface area contributed by atoms with Crippen molar-refractivity contribution in [2.75, 3.05) is 11.5 Å². The van der Waals surface area contributed by atoms with Crippen LogP contribution in [-0.2, 0) is 16.4 Å². The van der Waals surface area contributed by atoms with Gasteiger partial charge in [0.2, 0.25) is 0 Å². The topological polar surface area (TPSA) is 52.0 Å². The molecule has 5 heteroatoms. The Morgan fingerprint density at radius 1 is 1.42 bits per heavy atom. The van der Waals surface area contributed by atoms with E-state index in [-0.39, 0.29) is 0 Å². The van der Waals surface area contributed by atoms with E-state index in [0.29, 0.717) is 29.3 Å². The molecule has 2 heterocycles. The van der Waals surface area contributed by atoms with Crippen molar-refractivity contribution in [2.45, 2.75) is 46.1 Å². The third kappa shape index (κ3) is 3.81. The Balaban J connectivity index is 1.85. The monoisotopic (exact) mass is 284 g/mol. The van der Waals surface area contributed by atoms with E-state index < -0.39 is 9.84 Å². The molecule has 0 aromatic carbocycles. The van der Waals surface area contributed by atoms with Crippen LogP contribution in [0.2, 0.25) is 0 Å². The van der Waals surface area contributed by atoms with Crippen LogP contribution in [0.3, 0.4) is 0 Å². The fourth-order valence-electron chi connectivity index (χ4n) is 2.66. The predicted molar refractivity (Wildman–Crippen MR) is 76.9 cm³/mol. The van der Waals surface area contributed by atoms with E-state index >= 15 is 0 Å². The van der Waals surface area contributed by atoms with E-state index in [9.17, 15) is 8.42 Å². The van der Waals surface area contributed by atoms with Crippen LogP contribution in [0.15, 0.2) is 12.5 Å². The molecule has 2 unspecified atom stereocenters. The summed E-state index contributed by atoms with van der Waals surface area (Å²) in [4.78, 5) is 4.38. The molecular formula is C14H24N2O2S. The van der Waals surface area contributed by atoms with Gasteiger partial charge in [0.1, 0.15) is 0 Å². The Labute approximate surface area is 116 Å². The van der Waals surface area contributed by atoms with Crippen molar-refractivity contribution in [2.24, 2.45) is 11.8 Å². The third-order valence-electron chi connectivity index (χ3n) is 4.16. The predicted octanol–water partition coefficient (Wildman–Crippen LogP) is 2.47. The Hall–Kier alpha value is -0.840. The van der Waals surface area contributed by atoms with Crippen LogP contribution in [0.1, 0.15) is 45.2 Å². The zero-order chi connectivity index (χ0) is 14.0. The molecule has 19 heavy (non-hydrogen) atoms. The van der Waals surface area contributed by atoms with Gasteiger partial charge < -0.3 is 4.57 Å². The summed E-state index contributed by atoms with van der Waals surface area (Å²) in [5, 5.41) is 0. The molecule has 0 radical (unpaired) electrons. The summed E-state index contributed by atoms with van der Waals surface area (Å²) >= 11 is 0. The molecule has 1 aromatic heterocycles. The fourth-order valence-corrected chi connectivity index (χ4v) is 4.63. The number of rotatable bonds is 5. The van der Waals surface area contributed by atoms with Crippen molar-refractivity contribution in [3.05, 3.63) is 18.2 Å². The summed E-state index contributed by atoms with van der Waals surface area (Å²) in [6, 6.07) is 0. The second-order valence-electron chi connectivity index (χ2n) is 6.12. The van der Waals surface area contributed by atoms with Crippen LogP contribution < -0.4 is 0 Å². The number of aryl methyl sites for hydroxylation is 1. The first-order chi connectivity index (χ1) is 8.87. The second-order valence-corrected chi connectivity index (χ2v) is 8.35. The van der Waals surface area contributed by atoms with Gasteiger partial charge in [0, 0.05) is 12.7 Å². The van der Waals surface area contributed by atoms with Crippen molar-refractivity contribution in [3.63, 3.8) is 0 Å². The summed E-state index contributed by atoms with van der Waals surface area (Å²) < 4.78 is 25.1. The van der Waals surface area contributed by atoms with Gasteiger partial charge in [-0.1, -0.05) is 20.8 Å². The average molecular weight is 284 g/mol. The standard InChI is InChI=1S/C14H24N2O2S/c1-11(2)14-8-16(10-15-14)6-4-12(3)13-5-7-19(17,18)9-13/h8,10-13H,4-7,9H2,1-3H3. The van der Waals surface area contributed by atoms with Crippen molar-refractivity contribution in [1.82, 2.24) is 9.55 Å². The number of nitrogens with zero attached hydrogens (tertiary/aromatic N) is 2. The molecule has 0 N–H and O–H groups in total. The minimum atomic E-state index is -2.75. The minimum absolute atomic E-state index is 0.345. The van der Waals surface area contributed by atoms with E-state index in [1.54, 1.807) is 0 Å². The molecule has 1 aliphatic rings. The van der Waals surface area contributed by atoms with Gasteiger partial charge >= 0.3 is 0 Å². The smallest absolute Gasteiger partial charge is 0.150 e. The lowest BCUT2D eigenvalue weighted by Gasteiger charge is -2.17. The van der Waals surface area contributed by atoms with Crippen molar-refractivity contribution in [3.8, 4) is 0 Å². The largest absolute Gasteiger partial charge is 0.337 e. The normalized spacial score (nSPS) is 23.9. The molecule has 1 aromatic rings. The number of hydrogen-bond acceptors (Lipinski definition) is 3. The van der Waals surface area contributed by atoms with Crippen LogP contribution in [0, 0.1) is 11.8 Å². The lowest BCUT2D eigenvalue weighted by Crippen LogP contribution is -2.15. The SMILES string of the molecule is CC(C)c1cn(CCC(C)C2CCS(=O)(=O)C2)cn1. The molecule has 108 valence electrons. The quantitative estimate of drug-likeness (QED) is 0.834. The van der Waals surface area contributed by atoms with Crippen LogP contribution in [0.4, 0.5) is 0 Å². The summed E-state index contributed by atoms with van der Waals surface area (Å²) in [5.41, 5.74) is 1.12. The van der Waals surface area contributed by atoms with Crippen molar-refractivity contribution >= 4 is 9.84 Å². The Morgan fingerprint density at radius 2 is 2.16 bits per heavy atom. The number of hydrogen-bond donors (Lipinski definition) is 0. The first-order valence-corrected chi connectivity index (χ1v) is 8.91. The van der Waals surface area contributed by atoms with Gasteiger partial charge in [-0.25, -0.2) is 13.4 Å². The van der Waals surface area contributed by atoms with Crippen LogP contribution >= 0.6 is 0 Å². The number of sulfone groups is 1. The van der Waals surface area contributed by atoms with Gasteiger partial charge in [0.05, 0.1) is 23.5 Å². The van der Waals surface area contributed by atoms with E-state index in [2.05, 4.69) is 36.5 Å². The zero-order valence-corrected chi connectivity index (χ0v) is 12.9. The molecule has 2 atom stereocenters. The maximum atomic E-state index is 11.5. The van der Waals surface area contributed by atoms with Crippen LogP contribution in [0.25, 0.3) is 0 Å². The molecule has 4 nitrogen and oxygen atoms in total. The molecule has 0 amide bonds. The Bertz CT molecular complexity index is 519. The van der Waals surface area contributed by atoms with E-state index in [1.165, 1.54) is 0 Å². The highest BCUT2D eigenvalue weighted by Gasteiger charge is 2.31. The molecular weight excluding hydrogens is 260 g/mol. The first-order valence-electron chi connectivity index (χ1n) is 7.09. The summed E-state index contributed by atoms with van der Waals surface area (Å²) in [5.74, 6) is 2.03. The van der Waals surface area contributed by atoms with Crippen molar-refractivity contribution < 1.29 is 8.42 Å². The highest BCUT2D eigenvalue weighted by atomic mass is 32.2. The summed E-state index contributed by atoms with van der Waals surface area (Å²) in [7, 11) is -2.75. The zero-order valence-electron chi connectivity index (χ0n) is 12.0. The van der Waals surface area contributed by atoms with Crippen molar-refractivity contribution in [1.29, 1.82) is 0 Å². The van der Waals surface area contributed by atoms with Gasteiger partial charge in [-0.15, -0.1) is 0 Å². The van der Waals surface area contributed by atoms with Gasteiger partial charge in [0.15, 0.2) is 9.84 Å². The first kappa shape index (κ1) is 14.6. The lowest BCUT2D eigenvalue weighted by molar-refractivity contribution is 0.352. The molecule has 1 aliphatic heterocycles. The fraction of sp³-hybridized carbons (Fsp3) is 0.786. The Kier molecular flexibility index (Phi) is 4.33. The van der Waals surface area contributed by atoms with Gasteiger partial charge in [-0.05, 0) is 30.6 Å². The van der Waals surface area contributed by atoms with E-state index in [0.717, 1.165) is 25.1 Å². The Morgan fingerprint density at radius 3 is 2.68 bits per heavy atom. The van der Waals surface area contributed by atoms with Gasteiger partial charge in [-0.3, -0.25) is 0 Å². The van der Waals surface area contributed by atoms with E-state index in [1.807, 2.05) is 6.33 Å². The third-order valence-corrected chi connectivity index (χ3v) is 5.95. The molecule has 1 saturated heterocycles. The van der Waals surface area contributed by atoms with E-state index in [4.69, 9.17) is 0 Å². The second kappa shape index (κ2) is 5.65.